The Hall–Kier alpha value is -3.55. The number of carbonyl (C=O) groups excluding carboxylic acids is 2. The Bertz CT molecular complexity index is 961. The first-order chi connectivity index (χ1) is 15.1. The van der Waals surface area contributed by atoms with Crippen LogP contribution in [0.5, 0.6) is 5.75 Å². The molecule has 1 fully saturated rings. The maximum Gasteiger partial charge on any atom is 0.317 e. The van der Waals surface area contributed by atoms with Crippen molar-refractivity contribution in [2.24, 2.45) is 5.16 Å². The standard InChI is InChI=1S/C23H26N4O4/c1-30-19-10-8-18(9-11-19)25-21(28)20-14-23(31-26-20)12-5-13-27(16-23)22(29)24-15-17-6-3-2-4-7-17/h2-4,6-11H,5,12-16H2,1H3,(H,24,29)(H,25,28). The van der Waals surface area contributed by atoms with Gasteiger partial charge in [-0.3, -0.25) is 4.79 Å². The number of rotatable bonds is 5. The van der Waals surface area contributed by atoms with Crippen molar-refractivity contribution in [3.63, 3.8) is 0 Å². The van der Waals surface area contributed by atoms with Crippen LogP contribution in [-0.4, -0.2) is 48.4 Å². The second kappa shape index (κ2) is 9.07. The Labute approximate surface area is 181 Å². The first-order valence-electron chi connectivity index (χ1n) is 10.3. The molecule has 162 valence electrons. The lowest BCUT2D eigenvalue weighted by atomic mass is 9.88. The summed E-state index contributed by atoms with van der Waals surface area (Å²) < 4.78 is 5.13. The molecule has 0 radical (unpaired) electrons. The van der Waals surface area contributed by atoms with Crippen LogP contribution in [0.4, 0.5) is 10.5 Å². The van der Waals surface area contributed by atoms with Gasteiger partial charge in [-0.1, -0.05) is 35.5 Å². The summed E-state index contributed by atoms with van der Waals surface area (Å²) in [6, 6.07) is 16.7. The van der Waals surface area contributed by atoms with E-state index in [0.29, 0.717) is 43.2 Å². The van der Waals surface area contributed by atoms with E-state index in [9.17, 15) is 9.59 Å². The number of urea groups is 1. The molecule has 1 spiro atoms. The second-order valence-corrected chi connectivity index (χ2v) is 7.84. The van der Waals surface area contributed by atoms with Gasteiger partial charge in [-0.15, -0.1) is 0 Å². The third kappa shape index (κ3) is 4.96. The van der Waals surface area contributed by atoms with Crippen molar-refractivity contribution < 1.29 is 19.2 Å². The first-order valence-corrected chi connectivity index (χ1v) is 10.3. The highest BCUT2D eigenvalue weighted by atomic mass is 16.7. The van der Waals surface area contributed by atoms with Gasteiger partial charge in [0.05, 0.1) is 13.7 Å². The molecule has 0 saturated carbocycles. The zero-order chi connectivity index (χ0) is 21.7. The van der Waals surface area contributed by atoms with Crippen molar-refractivity contribution >= 4 is 23.3 Å². The Morgan fingerprint density at radius 3 is 2.68 bits per heavy atom. The van der Waals surface area contributed by atoms with Crippen LogP contribution in [0.25, 0.3) is 0 Å². The lowest BCUT2D eigenvalue weighted by Crippen LogP contribution is -2.53. The Morgan fingerprint density at radius 2 is 1.94 bits per heavy atom. The molecule has 8 heteroatoms. The minimum atomic E-state index is -0.644. The van der Waals surface area contributed by atoms with Crippen LogP contribution in [0.2, 0.25) is 0 Å². The van der Waals surface area contributed by atoms with Gasteiger partial charge in [0.2, 0.25) is 0 Å². The number of piperidine rings is 1. The third-order valence-electron chi connectivity index (χ3n) is 5.56. The number of methoxy groups -OCH3 is 1. The molecule has 3 amide bonds. The fourth-order valence-corrected chi connectivity index (χ4v) is 3.90. The second-order valence-electron chi connectivity index (χ2n) is 7.84. The summed E-state index contributed by atoms with van der Waals surface area (Å²) in [5, 5.41) is 9.84. The van der Waals surface area contributed by atoms with Crippen molar-refractivity contribution in [1.29, 1.82) is 0 Å². The van der Waals surface area contributed by atoms with Gasteiger partial charge in [-0.25, -0.2) is 4.79 Å². The summed E-state index contributed by atoms with van der Waals surface area (Å²) in [6.07, 6.45) is 1.91. The van der Waals surface area contributed by atoms with E-state index in [4.69, 9.17) is 9.57 Å². The molecule has 2 aromatic rings. The molecular weight excluding hydrogens is 396 g/mol. The van der Waals surface area contributed by atoms with Crippen LogP contribution in [0, 0.1) is 0 Å². The minimum absolute atomic E-state index is 0.136. The van der Waals surface area contributed by atoms with Crippen molar-refractivity contribution in [2.75, 3.05) is 25.5 Å². The number of hydrogen-bond acceptors (Lipinski definition) is 5. The zero-order valence-corrected chi connectivity index (χ0v) is 17.5. The maximum absolute atomic E-state index is 12.7. The number of anilines is 1. The van der Waals surface area contributed by atoms with E-state index in [0.717, 1.165) is 18.4 Å². The molecule has 0 aliphatic carbocycles. The summed E-state index contributed by atoms with van der Waals surface area (Å²) in [4.78, 5) is 32.7. The van der Waals surface area contributed by atoms with Gasteiger partial charge in [0.1, 0.15) is 11.5 Å². The van der Waals surface area contributed by atoms with Crippen molar-refractivity contribution in [1.82, 2.24) is 10.2 Å². The normalized spacial score (nSPS) is 20.0. The molecule has 2 heterocycles. The zero-order valence-electron chi connectivity index (χ0n) is 17.5. The summed E-state index contributed by atoms with van der Waals surface area (Å²) >= 11 is 0. The number of carbonyl (C=O) groups is 2. The average molecular weight is 422 g/mol. The number of nitrogens with one attached hydrogen (secondary N) is 2. The highest BCUT2D eigenvalue weighted by molar-refractivity contribution is 6.43. The number of amides is 3. The van der Waals surface area contributed by atoms with E-state index in [-0.39, 0.29) is 11.9 Å². The number of nitrogens with zero attached hydrogens (tertiary/aromatic N) is 2. The lowest BCUT2D eigenvalue weighted by molar-refractivity contribution is -0.110. The molecule has 2 N–H and O–H groups in total. The van der Waals surface area contributed by atoms with E-state index in [1.165, 1.54) is 0 Å². The number of oxime groups is 1. The van der Waals surface area contributed by atoms with E-state index < -0.39 is 5.60 Å². The van der Waals surface area contributed by atoms with Crippen LogP contribution in [-0.2, 0) is 16.2 Å². The third-order valence-corrected chi connectivity index (χ3v) is 5.56. The van der Waals surface area contributed by atoms with Gasteiger partial charge >= 0.3 is 6.03 Å². The molecule has 1 unspecified atom stereocenters. The van der Waals surface area contributed by atoms with Crippen LogP contribution in [0.15, 0.2) is 59.8 Å². The molecule has 1 atom stereocenters. The van der Waals surface area contributed by atoms with Crippen LogP contribution in [0.3, 0.4) is 0 Å². The number of hydrogen-bond donors (Lipinski definition) is 2. The molecule has 1 saturated heterocycles. The fraction of sp³-hybridized carbons (Fsp3) is 0.348. The lowest BCUT2D eigenvalue weighted by Gasteiger charge is -2.38. The van der Waals surface area contributed by atoms with Gasteiger partial charge in [0.15, 0.2) is 5.60 Å². The van der Waals surface area contributed by atoms with Gasteiger partial charge in [-0.2, -0.15) is 0 Å². The van der Waals surface area contributed by atoms with Crippen molar-refractivity contribution in [2.45, 2.75) is 31.4 Å². The van der Waals surface area contributed by atoms with Gasteiger partial charge in [-0.05, 0) is 42.7 Å². The smallest absolute Gasteiger partial charge is 0.317 e. The molecule has 2 aliphatic heterocycles. The maximum atomic E-state index is 12.7. The molecule has 8 nitrogen and oxygen atoms in total. The SMILES string of the molecule is COc1ccc(NC(=O)C2=NOC3(CCCN(C(=O)NCc4ccccc4)C3)C2)cc1. The molecule has 4 rings (SSSR count). The van der Waals surface area contributed by atoms with Crippen LogP contribution >= 0.6 is 0 Å². The molecule has 0 bridgehead atoms. The number of ether oxygens (including phenoxy) is 1. The Balaban J connectivity index is 1.31. The highest BCUT2D eigenvalue weighted by Crippen LogP contribution is 2.33. The fourth-order valence-electron chi connectivity index (χ4n) is 3.90. The van der Waals surface area contributed by atoms with E-state index >= 15 is 0 Å². The quantitative estimate of drug-likeness (QED) is 0.774. The summed E-state index contributed by atoms with van der Waals surface area (Å²) in [5.41, 5.74) is 1.39. The molecular formula is C23H26N4O4. The minimum Gasteiger partial charge on any atom is -0.497 e. The van der Waals surface area contributed by atoms with E-state index in [1.807, 2.05) is 30.3 Å². The van der Waals surface area contributed by atoms with Gasteiger partial charge in [0, 0.05) is 25.2 Å². The summed E-state index contributed by atoms with van der Waals surface area (Å²) in [5.74, 6) is 0.416. The summed E-state index contributed by atoms with van der Waals surface area (Å²) in [6.45, 7) is 1.52. The monoisotopic (exact) mass is 422 g/mol. The molecule has 31 heavy (non-hydrogen) atoms. The van der Waals surface area contributed by atoms with E-state index in [1.54, 1.807) is 36.3 Å². The number of likely N-dealkylation sites (tertiary alicyclic amines) is 1. The molecule has 2 aromatic carbocycles. The Morgan fingerprint density at radius 1 is 1.16 bits per heavy atom. The Kier molecular flexibility index (Phi) is 6.06. The highest BCUT2D eigenvalue weighted by Gasteiger charge is 2.45. The predicted octanol–water partition coefficient (Wildman–Crippen LogP) is 3.15. The van der Waals surface area contributed by atoms with Crippen LogP contribution in [0.1, 0.15) is 24.8 Å². The topological polar surface area (TPSA) is 92.3 Å². The molecule has 0 aromatic heterocycles. The van der Waals surface area contributed by atoms with Crippen molar-refractivity contribution in [3.05, 3.63) is 60.2 Å². The average Bonchev–Trinajstić information content (AvgIpc) is 3.21. The number of benzene rings is 2. The first kappa shape index (κ1) is 20.7. The van der Waals surface area contributed by atoms with Gasteiger partial charge in [0.25, 0.3) is 5.91 Å². The van der Waals surface area contributed by atoms with Crippen LogP contribution < -0.4 is 15.4 Å². The predicted molar refractivity (Wildman–Crippen MR) is 117 cm³/mol. The summed E-state index contributed by atoms with van der Waals surface area (Å²) in [7, 11) is 1.59. The van der Waals surface area contributed by atoms with E-state index in [2.05, 4.69) is 15.8 Å². The largest absolute Gasteiger partial charge is 0.497 e. The van der Waals surface area contributed by atoms with Crippen molar-refractivity contribution in [3.8, 4) is 5.75 Å². The van der Waals surface area contributed by atoms with Gasteiger partial charge < -0.3 is 25.1 Å². The molecule has 2 aliphatic rings.